The van der Waals surface area contributed by atoms with Crippen LogP contribution in [0, 0.1) is 5.82 Å². The minimum Gasteiger partial charge on any atom is -0.486 e. The highest BCUT2D eigenvalue weighted by Gasteiger charge is 2.04. The molecule has 2 aromatic carbocycles. The summed E-state index contributed by atoms with van der Waals surface area (Å²) in [4.78, 5) is 0. The van der Waals surface area contributed by atoms with E-state index in [1.807, 2.05) is 30.3 Å². The van der Waals surface area contributed by atoms with Crippen molar-refractivity contribution in [1.29, 1.82) is 0 Å². The first kappa shape index (κ1) is 9.66. The van der Waals surface area contributed by atoms with Crippen LogP contribution in [0.2, 0.25) is 0 Å². The third kappa shape index (κ3) is 3.30. The van der Waals surface area contributed by atoms with Crippen LogP contribution in [-0.2, 0) is 11.9 Å². The van der Waals surface area contributed by atoms with Gasteiger partial charge in [-0.15, -0.1) is 0 Å². The van der Waals surface area contributed by atoms with E-state index in [4.69, 9.17) is 7.48 Å². The fraction of sp³-hybridized carbons (Fsp3) is 0.143. The van der Waals surface area contributed by atoms with Crippen molar-refractivity contribution in [1.82, 2.24) is 0 Å². The molecular weight excluding hydrogens is 283 g/mol. The molecule has 0 bridgehead atoms. The van der Waals surface area contributed by atoms with E-state index in [1.54, 1.807) is 0 Å². The smallest absolute Gasteiger partial charge is 0.165 e. The number of benzene rings is 2. The number of hydrogen-bond donors (Lipinski definition) is 0. The van der Waals surface area contributed by atoms with Gasteiger partial charge in [-0.2, -0.15) is 0 Å². The van der Waals surface area contributed by atoms with Crippen LogP contribution in [0.25, 0.3) is 0 Å². The van der Waals surface area contributed by atoms with Crippen LogP contribution in [0.15, 0.2) is 48.5 Å². The van der Waals surface area contributed by atoms with Crippen molar-refractivity contribution in [3.63, 3.8) is 0 Å². The number of alkyl halides is 1. The molecule has 0 saturated carbocycles. The Labute approximate surface area is 111 Å². The van der Waals surface area contributed by atoms with Gasteiger partial charge in [-0.25, -0.2) is 4.39 Å². The second-order valence-electron chi connectivity index (χ2n) is 3.51. The minimum atomic E-state index is -1.74. The Balaban J connectivity index is 2.10. The van der Waals surface area contributed by atoms with Crippen LogP contribution in [-0.4, -0.2) is 0 Å². The molecule has 0 aliphatic heterocycles. The lowest BCUT2D eigenvalue weighted by Gasteiger charge is -2.08. The standard InChI is InChI=1S/C14H12BrFO/c15-9-12-6-7-14(13(16)8-12)17-10-11-4-2-1-3-5-11/h1-8H,9-10H2/i9D2. The van der Waals surface area contributed by atoms with Gasteiger partial charge in [0, 0.05) is 8.02 Å². The summed E-state index contributed by atoms with van der Waals surface area (Å²) in [5.74, 6) is -0.457. The molecule has 88 valence electrons. The van der Waals surface area contributed by atoms with Gasteiger partial charge in [0.15, 0.2) is 11.6 Å². The van der Waals surface area contributed by atoms with Crippen LogP contribution in [0.4, 0.5) is 4.39 Å². The summed E-state index contributed by atoms with van der Waals surface area (Å²) in [7, 11) is 0. The van der Waals surface area contributed by atoms with Crippen molar-refractivity contribution in [2.75, 3.05) is 0 Å². The first-order chi connectivity index (χ1) is 8.97. The summed E-state index contributed by atoms with van der Waals surface area (Å²) >= 11 is 2.85. The predicted octanol–water partition coefficient (Wildman–Crippen LogP) is 4.30. The zero-order chi connectivity index (χ0) is 13.9. The Kier molecular flexibility index (Phi) is 3.31. The van der Waals surface area contributed by atoms with E-state index < -0.39 is 11.1 Å². The SMILES string of the molecule is [2H]C([2H])(Br)c1ccc(OCc2ccccc2)c(F)c1. The topological polar surface area (TPSA) is 9.23 Å². The van der Waals surface area contributed by atoms with E-state index in [1.165, 1.54) is 12.1 Å². The molecule has 17 heavy (non-hydrogen) atoms. The van der Waals surface area contributed by atoms with Gasteiger partial charge in [0.25, 0.3) is 0 Å². The van der Waals surface area contributed by atoms with E-state index in [2.05, 4.69) is 15.9 Å². The summed E-state index contributed by atoms with van der Waals surface area (Å²) in [5.41, 5.74) is 1.17. The molecule has 0 amide bonds. The van der Waals surface area contributed by atoms with Crippen molar-refractivity contribution in [2.24, 2.45) is 0 Å². The fourth-order valence-electron chi connectivity index (χ4n) is 1.41. The second kappa shape index (κ2) is 5.82. The Morgan fingerprint density at radius 2 is 1.88 bits per heavy atom. The molecule has 0 spiro atoms. The number of halogens is 2. The molecule has 2 rings (SSSR count). The molecule has 0 fully saturated rings. The summed E-state index contributed by atoms with van der Waals surface area (Å²) in [6.45, 7) is 0.276. The summed E-state index contributed by atoms with van der Waals surface area (Å²) in [6.07, 6.45) is 0. The minimum absolute atomic E-state index is 0.115. The molecule has 0 radical (unpaired) electrons. The molecule has 0 aliphatic carbocycles. The van der Waals surface area contributed by atoms with E-state index in [9.17, 15) is 4.39 Å². The van der Waals surface area contributed by atoms with E-state index in [0.717, 1.165) is 11.6 Å². The number of rotatable bonds is 4. The Bertz CT molecular complexity index is 555. The van der Waals surface area contributed by atoms with Gasteiger partial charge >= 0.3 is 0 Å². The zero-order valence-electron chi connectivity index (χ0n) is 11.0. The highest BCUT2D eigenvalue weighted by Crippen LogP contribution is 2.20. The normalized spacial score (nSPS) is 12.8. The highest BCUT2D eigenvalue weighted by molar-refractivity contribution is 9.08. The van der Waals surface area contributed by atoms with Crippen molar-refractivity contribution >= 4 is 15.9 Å². The Morgan fingerprint density at radius 3 is 2.53 bits per heavy atom. The van der Waals surface area contributed by atoms with Crippen molar-refractivity contribution in [3.8, 4) is 5.75 Å². The third-order valence-corrected chi connectivity index (χ3v) is 2.74. The monoisotopic (exact) mass is 296 g/mol. The first-order valence-electron chi connectivity index (χ1n) is 6.12. The van der Waals surface area contributed by atoms with Gasteiger partial charge in [-0.05, 0) is 23.3 Å². The molecule has 0 atom stereocenters. The first-order valence-corrected chi connectivity index (χ1v) is 5.92. The molecule has 3 heteroatoms. The lowest BCUT2D eigenvalue weighted by Crippen LogP contribution is -1.97. The van der Waals surface area contributed by atoms with E-state index in [0.29, 0.717) is 0 Å². The van der Waals surface area contributed by atoms with Crippen LogP contribution in [0.3, 0.4) is 0 Å². The lowest BCUT2D eigenvalue weighted by atomic mass is 10.2. The maximum atomic E-state index is 13.8. The zero-order valence-corrected chi connectivity index (χ0v) is 10.6. The third-order valence-electron chi connectivity index (χ3n) is 2.28. The van der Waals surface area contributed by atoms with Gasteiger partial charge < -0.3 is 4.74 Å². The average molecular weight is 297 g/mol. The van der Waals surface area contributed by atoms with Gasteiger partial charge in [0.2, 0.25) is 0 Å². The molecular formula is C14H12BrFO. The number of ether oxygens (including phenoxy) is 1. The van der Waals surface area contributed by atoms with E-state index >= 15 is 0 Å². The Morgan fingerprint density at radius 1 is 1.12 bits per heavy atom. The van der Waals surface area contributed by atoms with Crippen molar-refractivity contribution < 1.29 is 11.9 Å². The summed E-state index contributed by atoms with van der Waals surface area (Å²) in [6, 6.07) is 13.5. The van der Waals surface area contributed by atoms with Gasteiger partial charge in [-0.3, -0.25) is 0 Å². The van der Waals surface area contributed by atoms with Crippen LogP contribution < -0.4 is 4.74 Å². The lowest BCUT2D eigenvalue weighted by molar-refractivity contribution is 0.290. The maximum Gasteiger partial charge on any atom is 0.165 e. The molecule has 0 heterocycles. The van der Waals surface area contributed by atoms with Crippen LogP contribution in [0.5, 0.6) is 5.75 Å². The molecule has 0 unspecified atom stereocenters. The average Bonchev–Trinajstić information content (AvgIpc) is 2.37. The Hall–Kier alpha value is -1.35. The quantitative estimate of drug-likeness (QED) is 0.765. The fourth-order valence-corrected chi connectivity index (χ4v) is 1.66. The predicted molar refractivity (Wildman–Crippen MR) is 69.8 cm³/mol. The van der Waals surface area contributed by atoms with E-state index in [-0.39, 0.29) is 17.9 Å². The highest BCUT2D eigenvalue weighted by atomic mass is 79.9. The van der Waals surface area contributed by atoms with Crippen LogP contribution >= 0.6 is 15.9 Å². The van der Waals surface area contributed by atoms with Crippen molar-refractivity contribution in [3.05, 3.63) is 65.5 Å². The maximum absolute atomic E-state index is 13.8. The van der Waals surface area contributed by atoms with Gasteiger partial charge in [0.05, 0.1) is 0 Å². The number of hydrogen-bond acceptors (Lipinski definition) is 1. The molecule has 0 aliphatic rings. The molecule has 2 aromatic rings. The molecule has 0 N–H and O–H groups in total. The van der Waals surface area contributed by atoms with Gasteiger partial charge in [0.1, 0.15) is 6.61 Å². The van der Waals surface area contributed by atoms with Crippen molar-refractivity contribution in [2.45, 2.75) is 11.9 Å². The summed E-state index contributed by atoms with van der Waals surface area (Å²) < 4.78 is 34.1. The molecule has 0 saturated heterocycles. The van der Waals surface area contributed by atoms with Crippen LogP contribution in [0.1, 0.15) is 13.9 Å². The molecule has 0 aromatic heterocycles. The largest absolute Gasteiger partial charge is 0.486 e. The summed E-state index contributed by atoms with van der Waals surface area (Å²) in [5, 5.41) is -1.74. The second-order valence-corrected chi connectivity index (χ2v) is 3.91. The van der Waals surface area contributed by atoms with Gasteiger partial charge in [-0.1, -0.05) is 52.3 Å². The molecule has 1 nitrogen and oxygen atoms in total.